The third kappa shape index (κ3) is 5.05. The van der Waals surface area contributed by atoms with E-state index in [0.717, 1.165) is 51.1 Å². The number of nitrogens with one attached hydrogen (secondary N) is 2. The topological polar surface area (TPSA) is 44.4 Å². The highest BCUT2D eigenvalue weighted by atomic mass is 16.2. The minimum atomic E-state index is 0.0271. The van der Waals surface area contributed by atoms with Crippen LogP contribution in [-0.2, 0) is 0 Å². The van der Waals surface area contributed by atoms with Gasteiger partial charge in [0, 0.05) is 18.8 Å². The molecule has 1 saturated heterocycles. The van der Waals surface area contributed by atoms with E-state index in [1.54, 1.807) is 0 Å². The third-order valence-electron chi connectivity index (χ3n) is 4.02. The van der Waals surface area contributed by atoms with E-state index < -0.39 is 0 Å². The zero-order valence-electron chi connectivity index (χ0n) is 13.2. The molecule has 0 aromatic heterocycles. The second kappa shape index (κ2) is 8.03. The van der Waals surface area contributed by atoms with Gasteiger partial charge in [-0.15, -0.1) is 0 Å². The number of carbonyl (C=O) groups is 1. The summed E-state index contributed by atoms with van der Waals surface area (Å²) in [5.74, 6) is 0.626. The largest absolute Gasteiger partial charge is 0.324 e. The number of aryl methyl sites for hydroxylation is 1. The van der Waals surface area contributed by atoms with Gasteiger partial charge in [0.15, 0.2) is 0 Å². The summed E-state index contributed by atoms with van der Waals surface area (Å²) in [6.07, 6.45) is 3.32. The van der Waals surface area contributed by atoms with Crippen LogP contribution in [0.1, 0.15) is 31.7 Å². The third-order valence-corrected chi connectivity index (χ3v) is 4.02. The molecule has 1 fully saturated rings. The van der Waals surface area contributed by atoms with Gasteiger partial charge in [-0.2, -0.15) is 0 Å². The van der Waals surface area contributed by atoms with E-state index in [-0.39, 0.29) is 6.03 Å². The van der Waals surface area contributed by atoms with Crippen molar-refractivity contribution < 1.29 is 4.79 Å². The fraction of sp³-hybridized carbons (Fsp3) is 0.588. The number of hydrogen-bond donors (Lipinski definition) is 2. The van der Waals surface area contributed by atoms with Crippen LogP contribution < -0.4 is 10.6 Å². The van der Waals surface area contributed by atoms with Crippen molar-refractivity contribution in [2.45, 2.75) is 33.1 Å². The number of urea groups is 1. The first kappa shape index (κ1) is 15.8. The summed E-state index contributed by atoms with van der Waals surface area (Å²) in [6.45, 7) is 8.00. The summed E-state index contributed by atoms with van der Waals surface area (Å²) in [4.78, 5) is 14.4. The van der Waals surface area contributed by atoms with E-state index in [4.69, 9.17) is 0 Å². The summed E-state index contributed by atoms with van der Waals surface area (Å²) in [5, 5.41) is 6.39. The summed E-state index contributed by atoms with van der Waals surface area (Å²) in [5.41, 5.74) is 2.07. The Morgan fingerprint density at radius 2 is 1.95 bits per heavy atom. The Kier molecular flexibility index (Phi) is 6.05. The minimum absolute atomic E-state index is 0.0271. The monoisotopic (exact) mass is 289 g/mol. The minimum Gasteiger partial charge on any atom is -0.324 e. The number of rotatable bonds is 5. The van der Waals surface area contributed by atoms with Crippen LogP contribution in [-0.4, -0.2) is 37.1 Å². The number of nitrogens with zero attached hydrogens (tertiary/aromatic N) is 1. The summed E-state index contributed by atoms with van der Waals surface area (Å²) in [7, 11) is 0. The maximum absolute atomic E-state index is 12.5. The van der Waals surface area contributed by atoms with Crippen LogP contribution in [0.4, 0.5) is 10.5 Å². The van der Waals surface area contributed by atoms with E-state index in [1.165, 1.54) is 5.56 Å². The van der Waals surface area contributed by atoms with Crippen molar-refractivity contribution in [3.05, 3.63) is 29.8 Å². The average molecular weight is 289 g/mol. The van der Waals surface area contributed by atoms with Gasteiger partial charge in [0.05, 0.1) is 0 Å². The first-order valence-corrected chi connectivity index (χ1v) is 8.02. The molecule has 1 aliphatic heterocycles. The molecule has 0 aliphatic carbocycles. The molecule has 0 spiro atoms. The highest BCUT2D eigenvalue weighted by Crippen LogP contribution is 2.15. The zero-order chi connectivity index (χ0) is 15.1. The number of hydrogen-bond acceptors (Lipinski definition) is 2. The number of anilines is 1. The lowest BCUT2D eigenvalue weighted by atomic mass is 9.97. The molecule has 1 aromatic carbocycles. The lowest BCUT2D eigenvalue weighted by Gasteiger charge is -2.30. The SMILES string of the molecule is CCCN(CC1CCNCC1)C(=O)Nc1ccc(C)cc1. The molecule has 2 N–H and O–H groups in total. The fourth-order valence-corrected chi connectivity index (χ4v) is 2.76. The number of amides is 2. The molecule has 1 aromatic rings. The first-order valence-electron chi connectivity index (χ1n) is 8.02. The van der Waals surface area contributed by atoms with Gasteiger partial charge in [-0.3, -0.25) is 0 Å². The lowest BCUT2D eigenvalue weighted by molar-refractivity contribution is 0.192. The highest BCUT2D eigenvalue weighted by Gasteiger charge is 2.20. The number of benzene rings is 1. The molecule has 0 atom stereocenters. The van der Waals surface area contributed by atoms with Crippen LogP contribution in [0.25, 0.3) is 0 Å². The van der Waals surface area contributed by atoms with Crippen LogP contribution in [0, 0.1) is 12.8 Å². The summed E-state index contributed by atoms with van der Waals surface area (Å²) >= 11 is 0. The number of carbonyl (C=O) groups excluding carboxylic acids is 1. The summed E-state index contributed by atoms with van der Waals surface area (Å²) < 4.78 is 0. The molecule has 1 heterocycles. The van der Waals surface area contributed by atoms with Gasteiger partial charge >= 0.3 is 6.03 Å². The van der Waals surface area contributed by atoms with Crippen LogP contribution in [0.5, 0.6) is 0 Å². The first-order chi connectivity index (χ1) is 10.2. The van der Waals surface area contributed by atoms with Gasteiger partial charge in [-0.1, -0.05) is 24.6 Å². The van der Waals surface area contributed by atoms with Crippen molar-refractivity contribution >= 4 is 11.7 Å². The Hall–Kier alpha value is -1.55. The molecule has 1 aliphatic rings. The molecule has 116 valence electrons. The lowest BCUT2D eigenvalue weighted by Crippen LogP contribution is -2.41. The molecule has 0 unspecified atom stereocenters. The van der Waals surface area contributed by atoms with E-state index in [0.29, 0.717) is 5.92 Å². The Balaban J connectivity index is 1.92. The Labute approximate surface area is 127 Å². The van der Waals surface area contributed by atoms with Crippen molar-refractivity contribution in [1.82, 2.24) is 10.2 Å². The predicted molar refractivity (Wildman–Crippen MR) is 87.7 cm³/mol. The molecule has 0 bridgehead atoms. The standard InChI is InChI=1S/C17H27N3O/c1-3-12-20(13-15-8-10-18-11-9-15)17(21)19-16-6-4-14(2)5-7-16/h4-7,15,18H,3,8-13H2,1-2H3,(H,19,21). The fourth-order valence-electron chi connectivity index (χ4n) is 2.76. The Morgan fingerprint density at radius 3 is 2.57 bits per heavy atom. The van der Waals surface area contributed by atoms with Crippen molar-refractivity contribution in [1.29, 1.82) is 0 Å². The van der Waals surface area contributed by atoms with Crippen molar-refractivity contribution in [3.63, 3.8) is 0 Å². The van der Waals surface area contributed by atoms with Gasteiger partial charge < -0.3 is 15.5 Å². The van der Waals surface area contributed by atoms with E-state index >= 15 is 0 Å². The molecule has 0 radical (unpaired) electrons. The average Bonchev–Trinajstić information content (AvgIpc) is 2.50. The molecular formula is C17H27N3O. The van der Waals surface area contributed by atoms with Crippen molar-refractivity contribution in [2.24, 2.45) is 5.92 Å². The molecule has 0 saturated carbocycles. The highest BCUT2D eigenvalue weighted by molar-refractivity contribution is 5.89. The molecule has 2 rings (SSSR count). The zero-order valence-corrected chi connectivity index (χ0v) is 13.2. The van der Waals surface area contributed by atoms with Crippen LogP contribution in [0.15, 0.2) is 24.3 Å². The van der Waals surface area contributed by atoms with Gasteiger partial charge in [0.25, 0.3) is 0 Å². The van der Waals surface area contributed by atoms with Gasteiger partial charge in [-0.25, -0.2) is 4.79 Å². The van der Waals surface area contributed by atoms with Gasteiger partial charge in [0.1, 0.15) is 0 Å². The molecule has 21 heavy (non-hydrogen) atoms. The molecular weight excluding hydrogens is 262 g/mol. The Bertz CT molecular complexity index is 438. The molecule has 4 nitrogen and oxygen atoms in total. The van der Waals surface area contributed by atoms with Crippen LogP contribution in [0.2, 0.25) is 0 Å². The second-order valence-corrected chi connectivity index (χ2v) is 5.94. The van der Waals surface area contributed by atoms with Crippen LogP contribution >= 0.6 is 0 Å². The normalized spacial score (nSPS) is 15.7. The maximum Gasteiger partial charge on any atom is 0.321 e. The second-order valence-electron chi connectivity index (χ2n) is 5.94. The smallest absolute Gasteiger partial charge is 0.321 e. The summed E-state index contributed by atoms with van der Waals surface area (Å²) in [6, 6.07) is 7.99. The predicted octanol–water partition coefficient (Wildman–Crippen LogP) is 3.24. The Morgan fingerprint density at radius 1 is 1.29 bits per heavy atom. The van der Waals surface area contributed by atoms with Crippen LogP contribution in [0.3, 0.4) is 0 Å². The molecule has 4 heteroatoms. The number of piperidine rings is 1. The maximum atomic E-state index is 12.5. The van der Waals surface area contributed by atoms with E-state index in [2.05, 4.69) is 17.6 Å². The van der Waals surface area contributed by atoms with Crippen molar-refractivity contribution in [2.75, 3.05) is 31.5 Å². The van der Waals surface area contributed by atoms with Gasteiger partial charge in [-0.05, 0) is 57.3 Å². The van der Waals surface area contributed by atoms with E-state index in [1.807, 2.05) is 36.1 Å². The van der Waals surface area contributed by atoms with E-state index in [9.17, 15) is 4.79 Å². The quantitative estimate of drug-likeness (QED) is 0.874. The van der Waals surface area contributed by atoms with Gasteiger partial charge in [0.2, 0.25) is 0 Å². The molecule has 2 amide bonds. The van der Waals surface area contributed by atoms with Crippen molar-refractivity contribution in [3.8, 4) is 0 Å².